The van der Waals surface area contributed by atoms with Gasteiger partial charge in [0.2, 0.25) is 0 Å². The molecule has 0 nitrogen and oxygen atoms in total. The van der Waals surface area contributed by atoms with Gasteiger partial charge in [-0.15, -0.1) is 0 Å². The Morgan fingerprint density at radius 1 is 1.12 bits per heavy atom. The number of aryl methyl sites for hydroxylation is 2. The lowest BCUT2D eigenvalue weighted by Crippen LogP contribution is -1.81. The Hall–Kier alpha value is 0.210. The Kier molecular flexibility index (Phi) is 6.25. The van der Waals surface area contributed by atoms with Gasteiger partial charge in [0.25, 0.3) is 0 Å². The molecule has 92 valence electrons. The summed E-state index contributed by atoms with van der Waals surface area (Å²) >= 11 is 24.3. The summed E-state index contributed by atoms with van der Waals surface area (Å²) in [5.74, 6) is 0. The van der Waals surface area contributed by atoms with Crippen molar-refractivity contribution in [2.45, 2.75) is 18.7 Å². The van der Waals surface area contributed by atoms with E-state index in [0.717, 1.165) is 4.90 Å². The van der Waals surface area contributed by atoms with E-state index in [1.165, 1.54) is 29.0 Å². The first kappa shape index (κ1) is 15.3. The van der Waals surface area contributed by atoms with Crippen LogP contribution in [-0.2, 0) is 0 Å². The van der Waals surface area contributed by atoms with Crippen LogP contribution in [0.2, 0.25) is 0 Å². The predicted octanol–water partition coefficient (Wildman–Crippen LogP) is 6.36. The minimum absolute atomic E-state index is 0.00560. The molecule has 1 aromatic carbocycles. The molecule has 0 atom stereocenters. The summed E-state index contributed by atoms with van der Waals surface area (Å²) in [6.45, 7) is 4.08. The standard InChI is InChI=1S/C12H10Cl4S/c1-7-3-4-10(8(2)5-7)17-11(14)6-9(13)12(15)16/h3-6H,1-2H3. The molecule has 0 amide bonds. The van der Waals surface area contributed by atoms with Gasteiger partial charge >= 0.3 is 0 Å². The highest BCUT2D eigenvalue weighted by Crippen LogP contribution is 2.34. The molecule has 17 heavy (non-hydrogen) atoms. The number of benzene rings is 1. The number of rotatable bonds is 3. The van der Waals surface area contributed by atoms with Gasteiger partial charge in [0.05, 0.1) is 9.40 Å². The molecule has 0 heterocycles. The van der Waals surface area contributed by atoms with Crippen molar-refractivity contribution in [1.82, 2.24) is 0 Å². The van der Waals surface area contributed by atoms with Crippen molar-refractivity contribution < 1.29 is 0 Å². The van der Waals surface area contributed by atoms with E-state index in [0.29, 0.717) is 4.36 Å². The van der Waals surface area contributed by atoms with Gasteiger partial charge in [-0.05, 0) is 31.6 Å². The van der Waals surface area contributed by atoms with Gasteiger partial charge in [-0.1, -0.05) is 75.9 Å². The number of thioether (sulfide) groups is 1. The molecule has 0 aliphatic rings. The Balaban J connectivity index is 2.88. The van der Waals surface area contributed by atoms with Gasteiger partial charge in [-0.25, -0.2) is 0 Å². The van der Waals surface area contributed by atoms with Gasteiger partial charge in [-0.3, -0.25) is 0 Å². The lowest BCUT2D eigenvalue weighted by Gasteiger charge is -2.05. The first-order valence-electron chi connectivity index (χ1n) is 4.73. The van der Waals surface area contributed by atoms with Crippen LogP contribution in [0.4, 0.5) is 0 Å². The Labute approximate surface area is 126 Å². The van der Waals surface area contributed by atoms with Crippen LogP contribution in [0, 0.1) is 13.8 Å². The third-order valence-corrected chi connectivity index (χ3v) is 4.19. The topological polar surface area (TPSA) is 0 Å². The monoisotopic (exact) mass is 326 g/mol. The van der Waals surface area contributed by atoms with Crippen molar-refractivity contribution in [3.63, 3.8) is 0 Å². The summed E-state index contributed by atoms with van der Waals surface area (Å²) < 4.78 is 0.520. The Bertz CT molecular complexity index is 473. The number of halogens is 4. The van der Waals surface area contributed by atoms with Crippen molar-refractivity contribution >= 4 is 58.2 Å². The van der Waals surface area contributed by atoms with Crippen molar-refractivity contribution in [3.8, 4) is 0 Å². The third kappa shape index (κ3) is 5.15. The van der Waals surface area contributed by atoms with Crippen LogP contribution in [0.15, 0.2) is 43.1 Å². The predicted molar refractivity (Wildman–Crippen MR) is 80.3 cm³/mol. The van der Waals surface area contributed by atoms with E-state index >= 15 is 0 Å². The zero-order chi connectivity index (χ0) is 13.0. The maximum Gasteiger partial charge on any atom is 0.125 e. The fourth-order valence-corrected chi connectivity index (χ4v) is 2.64. The average molecular weight is 328 g/mol. The van der Waals surface area contributed by atoms with Crippen LogP contribution in [0.5, 0.6) is 0 Å². The molecule has 1 rings (SSSR count). The van der Waals surface area contributed by atoms with Gasteiger partial charge in [0.1, 0.15) is 4.49 Å². The molecule has 0 radical (unpaired) electrons. The molecule has 0 saturated heterocycles. The van der Waals surface area contributed by atoms with Crippen LogP contribution < -0.4 is 0 Å². The van der Waals surface area contributed by atoms with Gasteiger partial charge < -0.3 is 0 Å². The van der Waals surface area contributed by atoms with Crippen LogP contribution in [0.1, 0.15) is 11.1 Å². The Morgan fingerprint density at radius 2 is 1.76 bits per heavy atom. The molecule has 0 spiro atoms. The van der Waals surface area contributed by atoms with E-state index in [2.05, 4.69) is 6.07 Å². The molecule has 0 bridgehead atoms. The lowest BCUT2D eigenvalue weighted by molar-refractivity contribution is 1.27. The van der Waals surface area contributed by atoms with E-state index in [1.807, 2.05) is 26.0 Å². The molecule has 0 fully saturated rings. The number of hydrogen-bond acceptors (Lipinski definition) is 1. The fourth-order valence-electron chi connectivity index (χ4n) is 1.20. The highest BCUT2D eigenvalue weighted by molar-refractivity contribution is 8.04. The van der Waals surface area contributed by atoms with Crippen LogP contribution in [0.25, 0.3) is 0 Å². The normalized spacial score (nSPS) is 11.5. The summed E-state index contributed by atoms with van der Waals surface area (Å²) in [6, 6.07) is 6.15. The fraction of sp³-hybridized carbons (Fsp3) is 0.167. The molecule has 0 N–H and O–H groups in total. The van der Waals surface area contributed by atoms with Gasteiger partial charge in [-0.2, -0.15) is 0 Å². The quantitative estimate of drug-likeness (QED) is 0.459. The molecule has 1 aromatic rings. The molecule has 0 saturated carbocycles. The molecular formula is C12H10Cl4S. The second-order valence-corrected chi connectivity index (χ2v) is 6.50. The van der Waals surface area contributed by atoms with E-state index in [1.54, 1.807) is 0 Å². The first-order valence-corrected chi connectivity index (χ1v) is 7.06. The SMILES string of the molecule is Cc1ccc(SC(Cl)=CC(Cl)=C(Cl)Cl)c(C)c1. The minimum Gasteiger partial charge on any atom is -0.0816 e. The molecule has 0 unspecified atom stereocenters. The molecule has 0 aliphatic heterocycles. The summed E-state index contributed by atoms with van der Waals surface area (Å²) in [4.78, 5) is 1.08. The lowest BCUT2D eigenvalue weighted by atomic mass is 10.2. The summed E-state index contributed by atoms with van der Waals surface area (Å²) in [6.07, 6.45) is 1.53. The number of hydrogen-bond donors (Lipinski definition) is 0. The smallest absolute Gasteiger partial charge is 0.0816 e. The Morgan fingerprint density at radius 3 is 2.29 bits per heavy atom. The van der Waals surface area contributed by atoms with Gasteiger partial charge in [0.15, 0.2) is 0 Å². The van der Waals surface area contributed by atoms with E-state index < -0.39 is 0 Å². The van der Waals surface area contributed by atoms with Crippen molar-refractivity contribution in [2.75, 3.05) is 0 Å². The number of allylic oxidation sites excluding steroid dienone is 2. The molecule has 0 aliphatic carbocycles. The maximum atomic E-state index is 6.05. The van der Waals surface area contributed by atoms with Crippen molar-refractivity contribution in [1.29, 1.82) is 0 Å². The van der Waals surface area contributed by atoms with E-state index in [-0.39, 0.29) is 9.52 Å². The molecular weight excluding hydrogens is 318 g/mol. The zero-order valence-electron chi connectivity index (χ0n) is 9.23. The second kappa shape index (κ2) is 6.96. The maximum absolute atomic E-state index is 6.05. The summed E-state index contributed by atoms with van der Waals surface area (Å²) in [5, 5.41) is 0.232. The average Bonchev–Trinajstić information content (AvgIpc) is 2.22. The van der Waals surface area contributed by atoms with Crippen LogP contribution >= 0.6 is 58.2 Å². The van der Waals surface area contributed by atoms with E-state index in [9.17, 15) is 0 Å². The largest absolute Gasteiger partial charge is 0.125 e. The van der Waals surface area contributed by atoms with Crippen molar-refractivity contribution in [2.24, 2.45) is 0 Å². The van der Waals surface area contributed by atoms with E-state index in [4.69, 9.17) is 46.4 Å². The highest BCUT2D eigenvalue weighted by atomic mass is 35.5. The summed E-state index contributed by atoms with van der Waals surface area (Å²) in [7, 11) is 0. The third-order valence-electron chi connectivity index (χ3n) is 1.96. The summed E-state index contributed by atoms with van der Waals surface area (Å²) in [5.41, 5.74) is 2.38. The second-order valence-electron chi connectivity index (χ2n) is 3.43. The first-order chi connectivity index (χ1) is 7.90. The van der Waals surface area contributed by atoms with Crippen LogP contribution in [0.3, 0.4) is 0 Å². The zero-order valence-corrected chi connectivity index (χ0v) is 13.1. The molecule has 0 aromatic heterocycles. The highest BCUT2D eigenvalue weighted by Gasteiger charge is 2.04. The van der Waals surface area contributed by atoms with Crippen LogP contribution in [-0.4, -0.2) is 0 Å². The van der Waals surface area contributed by atoms with Gasteiger partial charge in [0, 0.05) is 4.90 Å². The van der Waals surface area contributed by atoms with Crippen molar-refractivity contribution in [3.05, 3.63) is 49.3 Å². The minimum atomic E-state index is 0.00560. The molecule has 5 heteroatoms.